The molecule has 0 aromatic carbocycles. The number of anilines is 1. The first-order chi connectivity index (χ1) is 8.57. The summed E-state index contributed by atoms with van der Waals surface area (Å²) >= 11 is 0. The monoisotopic (exact) mass is 268 g/mol. The SMILES string of the molecule is CS(=O)(=O)c1cccnc1NCCc1ncon1. The van der Waals surface area contributed by atoms with E-state index < -0.39 is 9.84 Å². The molecule has 0 spiro atoms. The maximum absolute atomic E-state index is 11.5. The van der Waals surface area contributed by atoms with Gasteiger partial charge in [-0.1, -0.05) is 5.16 Å². The van der Waals surface area contributed by atoms with E-state index in [0.717, 1.165) is 6.26 Å². The molecule has 18 heavy (non-hydrogen) atoms. The van der Waals surface area contributed by atoms with Crippen LogP contribution in [0.1, 0.15) is 5.82 Å². The average molecular weight is 268 g/mol. The molecule has 2 rings (SSSR count). The summed E-state index contributed by atoms with van der Waals surface area (Å²) in [5.74, 6) is 0.892. The van der Waals surface area contributed by atoms with Crippen molar-refractivity contribution in [3.63, 3.8) is 0 Å². The number of hydrogen-bond acceptors (Lipinski definition) is 7. The zero-order chi connectivity index (χ0) is 13.0. The normalized spacial score (nSPS) is 11.4. The molecule has 0 aliphatic rings. The van der Waals surface area contributed by atoms with Crippen LogP contribution >= 0.6 is 0 Å². The Morgan fingerprint density at radius 3 is 2.89 bits per heavy atom. The van der Waals surface area contributed by atoms with Crippen LogP contribution in [0.4, 0.5) is 5.82 Å². The van der Waals surface area contributed by atoms with Crippen molar-refractivity contribution in [2.24, 2.45) is 0 Å². The van der Waals surface area contributed by atoms with Crippen molar-refractivity contribution in [1.82, 2.24) is 15.1 Å². The maximum atomic E-state index is 11.5. The third kappa shape index (κ3) is 3.04. The highest BCUT2D eigenvalue weighted by Crippen LogP contribution is 2.17. The van der Waals surface area contributed by atoms with Gasteiger partial charge >= 0.3 is 0 Å². The summed E-state index contributed by atoms with van der Waals surface area (Å²) in [5, 5.41) is 6.60. The van der Waals surface area contributed by atoms with E-state index in [-0.39, 0.29) is 4.90 Å². The highest BCUT2D eigenvalue weighted by atomic mass is 32.2. The second-order valence-corrected chi connectivity index (χ2v) is 5.63. The van der Waals surface area contributed by atoms with Crippen molar-refractivity contribution in [3.05, 3.63) is 30.5 Å². The minimum absolute atomic E-state index is 0.179. The van der Waals surface area contributed by atoms with Gasteiger partial charge in [0.2, 0.25) is 6.39 Å². The van der Waals surface area contributed by atoms with E-state index >= 15 is 0 Å². The Balaban J connectivity index is 2.06. The third-order valence-corrected chi connectivity index (χ3v) is 3.35. The van der Waals surface area contributed by atoms with Crippen molar-refractivity contribution < 1.29 is 12.9 Å². The molecule has 0 fully saturated rings. The van der Waals surface area contributed by atoms with Gasteiger partial charge in [-0.05, 0) is 12.1 Å². The van der Waals surface area contributed by atoms with Crippen LogP contribution in [0.15, 0.2) is 34.1 Å². The molecule has 2 aromatic rings. The third-order valence-electron chi connectivity index (χ3n) is 2.22. The fourth-order valence-corrected chi connectivity index (χ4v) is 2.22. The van der Waals surface area contributed by atoms with E-state index in [1.165, 1.54) is 18.7 Å². The summed E-state index contributed by atoms with van der Waals surface area (Å²) in [6.45, 7) is 0.471. The van der Waals surface area contributed by atoms with E-state index in [2.05, 4.69) is 25.0 Å². The molecule has 0 aliphatic heterocycles. The molecule has 0 bridgehead atoms. The van der Waals surface area contributed by atoms with Crippen LogP contribution in [0, 0.1) is 0 Å². The first-order valence-corrected chi connectivity index (χ1v) is 7.11. The van der Waals surface area contributed by atoms with Crippen LogP contribution in [0.2, 0.25) is 0 Å². The Kier molecular flexibility index (Phi) is 3.56. The maximum Gasteiger partial charge on any atom is 0.213 e. The molecule has 0 saturated carbocycles. The predicted molar refractivity (Wildman–Crippen MR) is 63.8 cm³/mol. The molecule has 0 amide bonds. The van der Waals surface area contributed by atoms with Crippen LogP contribution in [0.25, 0.3) is 0 Å². The average Bonchev–Trinajstić information content (AvgIpc) is 2.81. The molecule has 8 heteroatoms. The van der Waals surface area contributed by atoms with Gasteiger partial charge in [0.05, 0.1) is 0 Å². The Hall–Kier alpha value is -1.96. The van der Waals surface area contributed by atoms with E-state index in [4.69, 9.17) is 0 Å². The topological polar surface area (TPSA) is 98.0 Å². The van der Waals surface area contributed by atoms with Gasteiger partial charge in [-0.15, -0.1) is 0 Å². The van der Waals surface area contributed by atoms with Gasteiger partial charge in [-0.25, -0.2) is 13.4 Å². The van der Waals surface area contributed by atoms with Crippen LogP contribution in [0.3, 0.4) is 0 Å². The molecule has 0 saturated heterocycles. The lowest BCUT2D eigenvalue weighted by Crippen LogP contribution is -2.11. The second-order valence-electron chi connectivity index (χ2n) is 3.65. The van der Waals surface area contributed by atoms with Gasteiger partial charge in [0, 0.05) is 25.4 Å². The van der Waals surface area contributed by atoms with Crippen molar-refractivity contribution >= 4 is 15.7 Å². The summed E-state index contributed by atoms with van der Waals surface area (Å²) in [4.78, 5) is 8.05. The molecular weight excluding hydrogens is 256 g/mol. The van der Waals surface area contributed by atoms with Crippen LogP contribution in [0.5, 0.6) is 0 Å². The molecule has 2 heterocycles. The molecule has 0 aliphatic carbocycles. The number of aromatic nitrogens is 3. The Morgan fingerprint density at radius 2 is 2.22 bits per heavy atom. The van der Waals surface area contributed by atoms with E-state index in [9.17, 15) is 8.42 Å². The fraction of sp³-hybridized carbons (Fsp3) is 0.300. The van der Waals surface area contributed by atoms with Gasteiger partial charge in [0.15, 0.2) is 15.7 Å². The smallest absolute Gasteiger partial charge is 0.213 e. The number of nitrogens with one attached hydrogen (secondary N) is 1. The van der Waals surface area contributed by atoms with E-state index in [0.29, 0.717) is 24.6 Å². The summed E-state index contributed by atoms with van der Waals surface area (Å²) in [6, 6.07) is 3.10. The molecule has 0 atom stereocenters. The lowest BCUT2D eigenvalue weighted by Gasteiger charge is -2.08. The zero-order valence-electron chi connectivity index (χ0n) is 9.70. The second kappa shape index (κ2) is 5.13. The highest BCUT2D eigenvalue weighted by molar-refractivity contribution is 7.90. The van der Waals surface area contributed by atoms with Crippen molar-refractivity contribution in [1.29, 1.82) is 0 Å². The van der Waals surface area contributed by atoms with E-state index in [1.807, 2.05) is 0 Å². The van der Waals surface area contributed by atoms with Crippen molar-refractivity contribution in [2.75, 3.05) is 18.1 Å². The Bertz CT molecular complexity index is 610. The van der Waals surface area contributed by atoms with Crippen molar-refractivity contribution in [2.45, 2.75) is 11.3 Å². The Labute approximate surface area is 104 Å². The number of sulfone groups is 1. The molecule has 7 nitrogen and oxygen atoms in total. The standard InChI is InChI=1S/C10H12N4O3S/c1-18(15,16)8-3-2-5-11-10(8)12-6-4-9-13-7-17-14-9/h2-3,5,7H,4,6H2,1H3,(H,11,12). The number of rotatable bonds is 5. The molecule has 96 valence electrons. The predicted octanol–water partition coefficient (Wildman–Crippen LogP) is 0.523. The molecular formula is C10H12N4O3S. The minimum Gasteiger partial charge on any atom is -0.369 e. The largest absolute Gasteiger partial charge is 0.369 e. The lowest BCUT2D eigenvalue weighted by molar-refractivity contribution is 0.410. The van der Waals surface area contributed by atoms with Crippen molar-refractivity contribution in [3.8, 4) is 0 Å². The Morgan fingerprint density at radius 1 is 1.39 bits per heavy atom. The van der Waals surface area contributed by atoms with Crippen LogP contribution in [-0.4, -0.2) is 36.3 Å². The quantitative estimate of drug-likeness (QED) is 0.844. The first kappa shape index (κ1) is 12.5. The first-order valence-electron chi connectivity index (χ1n) is 5.21. The van der Waals surface area contributed by atoms with Gasteiger partial charge in [0.25, 0.3) is 0 Å². The number of pyridine rings is 1. The van der Waals surface area contributed by atoms with Gasteiger partial charge in [0.1, 0.15) is 10.7 Å². The highest BCUT2D eigenvalue weighted by Gasteiger charge is 2.13. The van der Waals surface area contributed by atoms with Crippen LogP contribution in [-0.2, 0) is 16.3 Å². The lowest BCUT2D eigenvalue weighted by atomic mass is 10.4. The summed E-state index contributed by atoms with van der Waals surface area (Å²) in [7, 11) is -3.29. The fourth-order valence-electron chi connectivity index (χ4n) is 1.42. The number of nitrogens with zero attached hydrogens (tertiary/aromatic N) is 3. The van der Waals surface area contributed by atoms with Gasteiger partial charge < -0.3 is 9.84 Å². The summed E-state index contributed by atoms with van der Waals surface area (Å²) in [6.07, 6.45) is 4.45. The molecule has 1 N–H and O–H groups in total. The van der Waals surface area contributed by atoms with Crippen LogP contribution < -0.4 is 5.32 Å². The molecule has 0 radical (unpaired) electrons. The number of hydrogen-bond donors (Lipinski definition) is 1. The van der Waals surface area contributed by atoms with Gasteiger partial charge in [-0.3, -0.25) is 0 Å². The van der Waals surface area contributed by atoms with E-state index in [1.54, 1.807) is 6.07 Å². The minimum atomic E-state index is -3.29. The molecule has 0 unspecified atom stereocenters. The summed E-state index contributed by atoms with van der Waals surface area (Å²) in [5.41, 5.74) is 0. The summed E-state index contributed by atoms with van der Waals surface area (Å²) < 4.78 is 27.6. The zero-order valence-corrected chi connectivity index (χ0v) is 10.5. The molecule has 2 aromatic heterocycles. The van der Waals surface area contributed by atoms with Gasteiger partial charge in [-0.2, -0.15) is 4.98 Å².